The molecule has 13 heteroatoms. The lowest BCUT2D eigenvalue weighted by atomic mass is 10.1. The van der Waals surface area contributed by atoms with Crippen molar-refractivity contribution in [2.24, 2.45) is 0 Å². The summed E-state index contributed by atoms with van der Waals surface area (Å²) in [5, 5.41) is 2.70. The van der Waals surface area contributed by atoms with E-state index in [1.54, 1.807) is 6.07 Å². The van der Waals surface area contributed by atoms with Crippen LogP contribution in [-0.4, -0.2) is 41.2 Å². The van der Waals surface area contributed by atoms with Crippen molar-refractivity contribution in [3.8, 4) is 11.4 Å². The lowest BCUT2D eigenvalue weighted by Gasteiger charge is -2.22. The van der Waals surface area contributed by atoms with Crippen molar-refractivity contribution in [1.29, 1.82) is 0 Å². The van der Waals surface area contributed by atoms with Crippen molar-refractivity contribution in [2.45, 2.75) is 35.8 Å². The summed E-state index contributed by atoms with van der Waals surface area (Å²) in [6.07, 6.45) is -2.08. The van der Waals surface area contributed by atoms with Crippen molar-refractivity contribution in [1.82, 2.24) is 19.6 Å². The molecule has 34 heavy (non-hydrogen) atoms. The molecule has 1 amide bonds. The second kappa shape index (κ2) is 9.61. The fourth-order valence-corrected chi connectivity index (χ4v) is 6.85. The van der Waals surface area contributed by atoms with E-state index in [0.29, 0.717) is 28.4 Å². The SMILES string of the molecule is O=C(NCc1ccnc(-c2ccc(C(F)(F)F)cc2)n1)C1CCCN1S(=O)(=O)c1ccc(Cl)s1. The second-order valence-corrected chi connectivity index (χ2v) is 11.3. The fraction of sp³-hybridized carbons (Fsp3) is 0.286. The number of hydrogen-bond acceptors (Lipinski definition) is 6. The number of carbonyl (C=O) groups excluding carboxylic acids is 1. The number of nitrogens with zero attached hydrogens (tertiary/aromatic N) is 3. The van der Waals surface area contributed by atoms with Crippen LogP contribution >= 0.6 is 22.9 Å². The first-order valence-electron chi connectivity index (χ1n) is 10.1. The normalized spacial score (nSPS) is 17.1. The predicted octanol–water partition coefficient (Wildman–Crippen LogP) is 4.35. The van der Waals surface area contributed by atoms with Crippen LogP contribution in [0.5, 0.6) is 0 Å². The number of amides is 1. The summed E-state index contributed by atoms with van der Waals surface area (Å²) < 4.78 is 65.8. The van der Waals surface area contributed by atoms with Crippen LogP contribution in [0.2, 0.25) is 4.34 Å². The van der Waals surface area contributed by atoms with Gasteiger partial charge in [0, 0.05) is 18.3 Å². The highest BCUT2D eigenvalue weighted by molar-refractivity contribution is 7.91. The summed E-state index contributed by atoms with van der Waals surface area (Å²) in [4.78, 5) is 21.2. The standard InChI is InChI=1S/C21H18ClF3N4O3S2/c22-17-7-8-18(33-17)34(31,32)29-11-1-2-16(29)20(30)27-12-15-9-10-26-19(28-15)13-3-5-14(6-4-13)21(23,24)25/h3-10,16H,1-2,11-12H2,(H,27,30). The lowest BCUT2D eigenvalue weighted by Crippen LogP contribution is -2.45. The van der Waals surface area contributed by atoms with E-state index in [0.717, 1.165) is 23.5 Å². The molecule has 0 radical (unpaired) electrons. The molecule has 7 nitrogen and oxygen atoms in total. The Morgan fingerprint density at radius 3 is 2.56 bits per heavy atom. The zero-order chi connectivity index (χ0) is 24.5. The molecule has 3 heterocycles. The van der Waals surface area contributed by atoms with Crippen molar-refractivity contribution < 1.29 is 26.4 Å². The molecule has 1 N–H and O–H groups in total. The van der Waals surface area contributed by atoms with Crippen LogP contribution < -0.4 is 5.32 Å². The molecule has 3 aromatic rings. The number of carbonyl (C=O) groups is 1. The van der Waals surface area contributed by atoms with Gasteiger partial charge in [0.05, 0.1) is 22.1 Å². The summed E-state index contributed by atoms with van der Waals surface area (Å²) >= 11 is 6.80. The largest absolute Gasteiger partial charge is 0.416 e. The molecule has 0 saturated carbocycles. The van der Waals surface area contributed by atoms with E-state index in [1.807, 2.05) is 0 Å². The Labute approximate surface area is 202 Å². The van der Waals surface area contributed by atoms with Gasteiger partial charge in [-0.25, -0.2) is 18.4 Å². The Hall–Kier alpha value is -2.54. The van der Waals surface area contributed by atoms with Crippen molar-refractivity contribution in [2.75, 3.05) is 6.54 Å². The molecule has 1 unspecified atom stereocenters. The van der Waals surface area contributed by atoms with Crippen molar-refractivity contribution >= 4 is 38.9 Å². The van der Waals surface area contributed by atoms with E-state index >= 15 is 0 Å². The lowest BCUT2D eigenvalue weighted by molar-refractivity contribution is -0.137. The highest BCUT2D eigenvalue weighted by Crippen LogP contribution is 2.32. The van der Waals surface area contributed by atoms with Gasteiger partial charge in [0.25, 0.3) is 10.0 Å². The van der Waals surface area contributed by atoms with Gasteiger partial charge < -0.3 is 5.32 Å². The van der Waals surface area contributed by atoms with Gasteiger partial charge in [-0.1, -0.05) is 23.7 Å². The average Bonchev–Trinajstić information content (AvgIpc) is 3.47. The summed E-state index contributed by atoms with van der Waals surface area (Å²) in [5.41, 5.74) is 0.0418. The highest BCUT2D eigenvalue weighted by Gasteiger charge is 2.40. The molecule has 1 aliphatic rings. The third kappa shape index (κ3) is 5.24. The van der Waals surface area contributed by atoms with E-state index in [1.165, 1.54) is 34.8 Å². The average molecular weight is 531 g/mol. The molecular formula is C21H18ClF3N4O3S2. The molecule has 1 aliphatic heterocycles. The number of nitrogens with one attached hydrogen (secondary N) is 1. The molecule has 2 aromatic heterocycles. The molecule has 1 atom stereocenters. The maximum Gasteiger partial charge on any atom is 0.416 e. The molecular weight excluding hydrogens is 513 g/mol. The van der Waals surface area contributed by atoms with Gasteiger partial charge in [0.15, 0.2) is 5.82 Å². The molecule has 1 saturated heterocycles. The number of hydrogen-bond donors (Lipinski definition) is 1. The molecule has 1 aromatic carbocycles. The van der Waals surface area contributed by atoms with Crippen molar-refractivity contribution in [3.63, 3.8) is 0 Å². The minimum Gasteiger partial charge on any atom is -0.349 e. The van der Waals surface area contributed by atoms with Crippen molar-refractivity contribution in [3.05, 3.63) is 64.3 Å². The summed E-state index contributed by atoms with van der Waals surface area (Å²) in [6.45, 7) is 0.228. The molecule has 1 fully saturated rings. The Morgan fingerprint density at radius 2 is 1.91 bits per heavy atom. The van der Waals surface area contributed by atoms with Crippen LogP contribution in [0.25, 0.3) is 11.4 Å². The Kier molecular flexibility index (Phi) is 6.94. The van der Waals surface area contributed by atoms with Crippen LogP contribution in [-0.2, 0) is 27.5 Å². The quantitative estimate of drug-likeness (QED) is 0.511. The van der Waals surface area contributed by atoms with Gasteiger partial charge >= 0.3 is 6.18 Å². The first-order valence-corrected chi connectivity index (χ1v) is 12.7. The van der Waals surface area contributed by atoms with Crippen LogP contribution in [0.4, 0.5) is 13.2 Å². The van der Waals surface area contributed by atoms with E-state index in [9.17, 15) is 26.4 Å². The van der Waals surface area contributed by atoms with E-state index in [-0.39, 0.29) is 23.1 Å². The molecule has 0 bridgehead atoms. The van der Waals surface area contributed by atoms with Gasteiger partial charge in [-0.3, -0.25) is 4.79 Å². The number of rotatable bonds is 6. The van der Waals surface area contributed by atoms with Crippen LogP contribution in [0.1, 0.15) is 24.1 Å². The van der Waals surface area contributed by atoms with Gasteiger partial charge in [-0.15, -0.1) is 11.3 Å². The first kappa shape index (κ1) is 24.6. The zero-order valence-electron chi connectivity index (χ0n) is 17.4. The van der Waals surface area contributed by atoms with E-state index in [4.69, 9.17) is 11.6 Å². The maximum atomic E-state index is 12.9. The van der Waals surface area contributed by atoms with Crippen LogP contribution in [0.15, 0.2) is 52.9 Å². The minimum atomic E-state index is -4.44. The molecule has 0 spiro atoms. The topological polar surface area (TPSA) is 92.3 Å². The zero-order valence-corrected chi connectivity index (χ0v) is 19.8. The van der Waals surface area contributed by atoms with Gasteiger partial charge in [-0.05, 0) is 43.2 Å². The fourth-order valence-electron chi connectivity index (χ4n) is 3.58. The summed E-state index contributed by atoms with van der Waals surface area (Å²) in [7, 11) is -3.85. The van der Waals surface area contributed by atoms with E-state index < -0.39 is 33.7 Å². The predicted molar refractivity (Wildman–Crippen MR) is 121 cm³/mol. The number of sulfonamides is 1. The minimum absolute atomic E-state index is 0.00417. The number of thiophene rings is 1. The number of alkyl halides is 3. The second-order valence-electron chi connectivity index (χ2n) is 7.50. The first-order chi connectivity index (χ1) is 16.1. The summed E-state index contributed by atoms with van der Waals surface area (Å²) in [5.74, 6) is -0.251. The maximum absolute atomic E-state index is 12.9. The Morgan fingerprint density at radius 1 is 1.18 bits per heavy atom. The summed E-state index contributed by atoms with van der Waals surface area (Å²) in [6, 6.07) is 8.06. The molecule has 0 aliphatic carbocycles. The molecule has 180 valence electrons. The highest BCUT2D eigenvalue weighted by atomic mass is 35.5. The Bertz CT molecular complexity index is 1300. The number of halogens is 4. The van der Waals surface area contributed by atoms with Crippen LogP contribution in [0, 0.1) is 0 Å². The number of aromatic nitrogens is 2. The van der Waals surface area contributed by atoms with Crippen LogP contribution in [0.3, 0.4) is 0 Å². The van der Waals surface area contributed by atoms with Gasteiger partial charge in [0.1, 0.15) is 10.3 Å². The third-order valence-electron chi connectivity index (χ3n) is 5.25. The monoisotopic (exact) mass is 530 g/mol. The van der Waals surface area contributed by atoms with E-state index in [2.05, 4.69) is 15.3 Å². The van der Waals surface area contributed by atoms with Gasteiger partial charge in [0.2, 0.25) is 5.91 Å². The smallest absolute Gasteiger partial charge is 0.349 e. The Balaban J connectivity index is 1.44. The van der Waals surface area contributed by atoms with Gasteiger partial charge in [-0.2, -0.15) is 17.5 Å². The third-order valence-corrected chi connectivity index (χ3v) is 8.85. The molecule has 4 rings (SSSR count). The number of benzene rings is 1.